The Morgan fingerprint density at radius 1 is 1.31 bits per heavy atom. The van der Waals surface area contributed by atoms with Crippen molar-refractivity contribution in [2.24, 2.45) is 0 Å². The second-order valence-electron chi connectivity index (χ2n) is 2.99. The van der Waals surface area contributed by atoms with E-state index in [9.17, 15) is 8.42 Å². The van der Waals surface area contributed by atoms with Gasteiger partial charge in [0.1, 0.15) is 0 Å². The first kappa shape index (κ1) is 12.9. The van der Waals surface area contributed by atoms with Crippen LogP contribution in [0.4, 0.5) is 0 Å². The van der Waals surface area contributed by atoms with E-state index in [2.05, 4.69) is 5.32 Å². The van der Waals surface area contributed by atoms with E-state index < -0.39 is 10.0 Å². The summed E-state index contributed by atoms with van der Waals surface area (Å²) in [4.78, 5) is 0. The maximum Gasteiger partial charge on any atom is 0.215 e. The highest BCUT2D eigenvalue weighted by Gasteiger charge is 2.15. The van der Waals surface area contributed by atoms with E-state index in [1.165, 1.54) is 4.31 Å². The molecule has 0 unspecified atom stereocenters. The Labute approximate surface area is 81.4 Å². The maximum absolute atomic E-state index is 11.5. The van der Waals surface area contributed by atoms with Crippen molar-refractivity contribution in [3.8, 4) is 0 Å². The average molecular weight is 208 g/mol. The average Bonchev–Trinajstić information content (AvgIpc) is 2.05. The second kappa shape index (κ2) is 6.34. The van der Waals surface area contributed by atoms with Crippen LogP contribution in [0.15, 0.2) is 0 Å². The van der Waals surface area contributed by atoms with Gasteiger partial charge in [0.05, 0.1) is 5.75 Å². The molecule has 0 aromatic carbocycles. The summed E-state index contributed by atoms with van der Waals surface area (Å²) in [6.45, 7) is 5.88. The molecule has 80 valence electrons. The molecule has 0 radical (unpaired) electrons. The summed E-state index contributed by atoms with van der Waals surface area (Å²) < 4.78 is 24.4. The van der Waals surface area contributed by atoms with E-state index in [-0.39, 0.29) is 5.75 Å². The minimum absolute atomic E-state index is 0.192. The molecule has 0 rings (SSSR count). The molecule has 0 aromatic heterocycles. The Kier molecular flexibility index (Phi) is 6.28. The monoisotopic (exact) mass is 208 g/mol. The van der Waals surface area contributed by atoms with Gasteiger partial charge in [-0.1, -0.05) is 13.8 Å². The van der Waals surface area contributed by atoms with E-state index >= 15 is 0 Å². The molecular weight excluding hydrogens is 188 g/mol. The van der Waals surface area contributed by atoms with Crippen molar-refractivity contribution in [2.45, 2.75) is 20.3 Å². The van der Waals surface area contributed by atoms with Crippen LogP contribution in [0.25, 0.3) is 0 Å². The quantitative estimate of drug-likeness (QED) is 0.611. The van der Waals surface area contributed by atoms with E-state index in [1.54, 1.807) is 7.05 Å². The van der Waals surface area contributed by atoms with Crippen molar-refractivity contribution < 1.29 is 8.42 Å². The molecule has 4 nitrogen and oxygen atoms in total. The van der Waals surface area contributed by atoms with Gasteiger partial charge in [-0.2, -0.15) is 0 Å². The van der Waals surface area contributed by atoms with Gasteiger partial charge in [-0.25, -0.2) is 12.7 Å². The molecule has 0 spiro atoms. The van der Waals surface area contributed by atoms with Crippen LogP contribution in [0.3, 0.4) is 0 Å². The molecule has 13 heavy (non-hydrogen) atoms. The van der Waals surface area contributed by atoms with Crippen LogP contribution in [-0.4, -0.2) is 45.2 Å². The van der Waals surface area contributed by atoms with E-state index in [1.807, 2.05) is 13.8 Å². The predicted molar refractivity (Wildman–Crippen MR) is 55.3 cm³/mol. The third-order valence-corrected chi connectivity index (χ3v) is 3.65. The lowest BCUT2D eigenvalue weighted by atomic mass is 10.5. The molecule has 0 heterocycles. The largest absolute Gasteiger partial charge is 0.316 e. The highest BCUT2D eigenvalue weighted by Crippen LogP contribution is 1.97. The Hall–Kier alpha value is -0.130. The normalized spacial score (nSPS) is 12.3. The summed E-state index contributed by atoms with van der Waals surface area (Å²) in [5.41, 5.74) is 0. The van der Waals surface area contributed by atoms with Crippen LogP contribution >= 0.6 is 0 Å². The minimum atomic E-state index is -3.02. The minimum Gasteiger partial charge on any atom is -0.316 e. The first-order valence-electron chi connectivity index (χ1n) is 4.69. The van der Waals surface area contributed by atoms with E-state index in [4.69, 9.17) is 0 Å². The summed E-state index contributed by atoms with van der Waals surface area (Å²) in [7, 11) is -1.39. The summed E-state index contributed by atoms with van der Waals surface area (Å²) in [6.07, 6.45) is 0.858. The number of rotatable bonds is 7. The molecular formula is C8H20N2O2S. The zero-order valence-corrected chi connectivity index (χ0v) is 9.52. The summed E-state index contributed by atoms with van der Waals surface area (Å²) in [6, 6.07) is 0. The van der Waals surface area contributed by atoms with Gasteiger partial charge < -0.3 is 5.32 Å². The Morgan fingerprint density at radius 3 is 2.38 bits per heavy atom. The SMILES string of the molecule is CCCN(C)S(=O)(=O)CCNCC. The molecule has 0 saturated carbocycles. The van der Waals surface area contributed by atoms with Crippen molar-refractivity contribution in [3.05, 3.63) is 0 Å². The zero-order chi connectivity index (χ0) is 10.3. The lowest BCUT2D eigenvalue weighted by molar-refractivity contribution is 0.467. The molecule has 0 aliphatic rings. The van der Waals surface area contributed by atoms with Gasteiger partial charge in [-0.3, -0.25) is 0 Å². The third kappa shape index (κ3) is 5.23. The van der Waals surface area contributed by atoms with Gasteiger partial charge in [-0.05, 0) is 13.0 Å². The van der Waals surface area contributed by atoms with Crippen LogP contribution in [0, 0.1) is 0 Å². The fraction of sp³-hybridized carbons (Fsp3) is 1.00. The zero-order valence-electron chi connectivity index (χ0n) is 8.71. The first-order valence-corrected chi connectivity index (χ1v) is 6.30. The lowest BCUT2D eigenvalue weighted by Crippen LogP contribution is -2.34. The van der Waals surface area contributed by atoms with Crippen LogP contribution in [0.1, 0.15) is 20.3 Å². The highest BCUT2D eigenvalue weighted by molar-refractivity contribution is 7.89. The van der Waals surface area contributed by atoms with Crippen molar-refractivity contribution >= 4 is 10.0 Å². The number of hydrogen-bond acceptors (Lipinski definition) is 3. The van der Waals surface area contributed by atoms with Crippen LogP contribution < -0.4 is 5.32 Å². The van der Waals surface area contributed by atoms with Crippen LogP contribution in [0.2, 0.25) is 0 Å². The topological polar surface area (TPSA) is 49.4 Å². The number of nitrogens with one attached hydrogen (secondary N) is 1. The number of hydrogen-bond donors (Lipinski definition) is 1. The Morgan fingerprint density at radius 2 is 1.92 bits per heavy atom. The molecule has 0 bridgehead atoms. The lowest BCUT2D eigenvalue weighted by Gasteiger charge is -2.15. The Balaban J connectivity index is 3.92. The standard InChI is InChI=1S/C8H20N2O2S/c1-4-7-10(3)13(11,12)8-6-9-5-2/h9H,4-8H2,1-3H3. The smallest absolute Gasteiger partial charge is 0.215 e. The molecule has 0 aromatic rings. The van der Waals surface area contributed by atoms with Gasteiger partial charge in [0, 0.05) is 20.1 Å². The Bertz CT molecular complexity index is 214. The van der Waals surface area contributed by atoms with Gasteiger partial charge in [-0.15, -0.1) is 0 Å². The first-order chi connectivity index (χ1) is 6.04. The van der Waals surface area contributed by atoms with Crippen molar-refractivity contribution in [3.63, 3.8) is 0 Å². The predicted octanol–water partition coefficient (Wildman–Crippen LogP) is 0.267. The summed E-state index contributed by atoms with van der Waals surface area (Å²) in [5, 5.41) is 3.00. The van der Waals surface area contributed by atoms with Gasteiger partial charge in [0.25, 0.3) is 0 Å². The van der Waals surface area contributed by atoms with Crippen molar-refractivity contribution in [1.29, 1.82) is 0 Å². The molecule has 0 amide bonds. The molecule has 0 aliphatic carbocycles. The highest BCUT2D eigenvalue weighted by atomic mass is 32.2. The molecule has 0 aliphatic heterocycles. The van der Waals surface area contributed by atoms with Crippen LogP contribution in [-0.2, 0) is 10.0 Å². The van der Waals surface area contributed by atoms with E-state index in [0.717, 1.165) is 13.0 Å². The van der Waals surface area contributed by atoms with Crippen LogP contribution in [0.5, 0.6) is 0 Å². The molecule has 0 saturated heterocycles. The van der Waals surface area contributed by atoms with E-state index in [0.29, 0.717) is 13.1 Å². The van der Waals surface area contributed by atoms with Gasteiger partial charge in [0.2, 0.25) is 10.0 Å². The molecule has 0 atom stereocenters. The number of sulfonamides is 1. The summed E-state index contributed by atoms with van der Waals surface area (Å²) in [5.74, 6) is 0.192. The van der Waals surface area contributed by atoms with Gasteiger partial charge in [0.15, 0.2) is 0 Å². The van der Waals surface area contributed by atoms with Crippen molar-refractivity contribution in [2.75, 3.05) is 32.4 Å². The molecule has 0 fully saturated rings. The molecule has 5 heteroatoms. The van der Waals surface area contributed by atoms with Crippen molar-refractivity contribution in [1.82, 2.24) is 9.62 Å². The molecule has 1 N–H and O–H groups in total. The second-order valence-corrected chi connectivity index (χ2v) is 5.19. The van der Waals surface area contributed by atoms with Gasteiger partial charge >= 0.3 is 0 Å². The number of nitrogens with zero attached hydrogens (tertiary/aromatic N) is 1. The third-order valence-electron chi connectivity index (χ3n) is 1.80. The maximum atomic E-state index is 11.5. The fourth-order valence-corrected chi connectivity index (χ4v) is 2.16. The summed E-state index contributed by atoms with van der Waals surface area (Å²) >= 11 is 0. The fourth-order valence-electron chi connectivity index (χ4n) is 0.988.